The lowest BCUT2D eigenvalue weighted by molar-refractivity contribution is -0.114. The molecule has 0 saturated heterocycles. The number of nitrogens with two attached hydrogens (primary N) is 3. The number of carbonyl (C=O) groups is 1. The Kier molecular flexibility index (Phi) is 11.6. The number of nitrogens with one attached hydrogen (secondary N) is 1. The summed E-state index contributed by atoms with van der Waals surface area (Å²) in [6.45, 7) is 3.03. The van der Waals surface area contributed by atoms with Gasteiger partial charge in [-0.25, -0.2) is 21.9 Å². The van der Waals surface area contributed by atoms with Crippen LogP contribution in [0, 0.1) is 11.6 Å². The van der Waals surface area contributed by atoms with E-state index in [-0.39, 0.29) is 34.9 Å². The molecule has 0 radical (unpaired) electrons. The molecule has 2 aromatic carbocycles. The van der Waals surface area contributed by atoms with E-state index in [1.165, 1.54) is 37.3 Å². The van der Waals surface area contributed by atoms with Gasteiger partial charge in [0.2, 0.25) is 10.0 Å². The zero-order chi connectivity index (χ0) is 27.4. The van der Waals surface area contributed by atoms with Crippen LogP contribution in [0.15, 0.2) is 51.9 Å². The van der Waals surface area contributed by atoms with Crippen molar-refractivity contribution in [2.75, 3.05) is 39.5 Å². The normalized spacial score (nSPS) is 11.8. The van der Waals surface area contributed by atoms with Crippen molar-refractivity contribution in [2.45, 2.75) is 11.8 Å². The molecule has 0 unspecified atom stereocenters. The van der Waals surface area contributed by atoms with Crippen LogP contribution in [0.4, 0.5) is 8.78 Å². The van der Waals surface area contributed by atoms with Gasteiger partial charge in [0.25, 0.3) is 5.91 Å². The molecular formula is C23H29F2N5O6S. The van der Waals surface area contributed by atoms with Gasteiger partial charge in [-0.05, 0) is 55.0 Å². The summed E-state index contributed by atoms with van der Waals surface area (Å²) >= 11 is 0. The lowest BCUT2D eigenvalue weighted by Crippen LogP contribution is -2.27. The molecule has 11 nitrogen and oxygen atoms in total. The fourth-order valence-electron chi connectivity index (χ4n) is 2.82. The minimum Gasteiger partial charge on any atom is -0.451 e. The minimum atomic E-state index is -3.84. The lowest BCUT2D eigenvalue weighted by Gasteiger charge is -2.11. The maximum absolute atomic E-state index is 14.5. The van der Waals surface area contributed by atoms with E-state index in [1.807, 2.05) is 0 Å². The Balaban J connectivity index is 2.00. The molecule has 1 amide bonds. The third kappa shape index (κ3) is 9.86. The van der Waals surface area contributed by atoms with Gasteiger partial charge in [-0.15, -0.1) is 0 Å². The smallest absolute Gasteiger partial charge is 0.275 e. The molecule has 14 heteroatoms. The fraction of sp³-hybridized carbons (Fsp3) is 0.304. The number of ether oxygens (including phenoxy) is 3. The number of sulfonamides is 1. The Morgan fingerprint density at radius 3 is 2.19 bits per heavy atom. The molecule has 0 spiro atoms. The van der Waals surface area contributed by atoms with E-state index >= 15 is 0 Å². The number of rotatable bonds is 14. The first-order valence-electron chi connectivity index (χ1n) is 11.0. The van der Waals surface area contributed by atoms with Gasteiger partial charge in [0.05, 0.1) is 31.3 Å². The molecule has 0 saturated carbocycles. The zero-order valence-corrected chi connectivity index (χ0v) is 20.9. The van der Waals surface area contributed by atoms with Crippen LogP contribution in [0.3, 0.4) is 0 Å². The summed E-state index contributed by atoms with van der Waals surface area (Å²) in [5.74, 6) is -3.99. The van der Waals surface area contributed by atoms with Crippen molar-refractivity contribution in [2.24, 2.45) is 22.2 Å². The molecule has 0 atom stereocenters. The van der Waals surface area contributed by atoms with Gasteiger partial charge in [0, 0.05) is 18.7 Å². The van der Waals surface area contributed by atoms with Crippen LogP contribution >= 0.6 is 0 Å². The average Bonchev–Trinajstić information content (AvgIpc) is 2.83. The molecule has 0 heterocycles. The minimum absolute atomic E-state index is 0.0000267. The van der Waals surface area contributed by atoms with Crippen LogP contribution in [-0.4, -0.2) is 59.8 Å². The highest BCUT2D eigenvalue weighted by atomic mass is 32.2. The molecule has 2 aromatic rings. The van der Waals surface area contributed by atoms with Crippen LogP contribution in [0.5, 0.6) is 11.5 Å². The van der Waals surface area contributed by atoms with Crippen molar-refractivity contribution in [3.8, 4) is 11.5 Å². The summed E-state index contributed by atoms with van der Waals surface area (Å²) in [5, 5.41) is 0. The zero-order valence-electron chi connectivity index (χ0n) is 20.1. The topological polar surface area (TPSA) is 181 Å². The molecule has 0 aliphatic carbocycles. The summed E-state index contributed by atoms with van der Waals surface area (Å²) in [7, 11) is -3.84. The number of guanidine groups is 1. The summed E-state index contributed by atoms with van der Waals surface area (Å²) in [6, 6.07) is 6.88. The highest BCUT2D eigenvalue weighted by Crippen LogP contribution is 2.30. The molecule has 202 valence electrons. The van der Waals surface area contributed by atoms with Crippen LogP contribution < -0.4 is 26.7 Å². The number of benzene rings is 2. The molecule has 2 rings (SSSR count). The number of aliphatic imine (C=N–C) groups is 1. The second kappa shape index (κ2) is 14.3. The first-order chi connectivity index (χ1) is 17.5. The number of hydrogen-bond acceptors (Lipinski definition) is 7. The molecule has 0 fully saturated rings. The predicted octanol–water partition coefficient (Wildman–Crippen LogP) is 1.23. The number of nitrogens with zero attached hydrogens (tertiary/aromatic N) is 1. The summed E-state index contributed by atoms with van der Waals surface area (Å²) < 4.78 is 71.9. The van der Waals surface area contributed by atoms with Crippen molar-refractivity contribution in [1.29, 1.82) is 0 Å². The van der Waals surface area contributed by atoms with E-state index in [4.69, 9.17) is 31.4 Å². The van der Waals surface area contributed by atoms with Gasteiger partial charge < -0.3 is 31.4 Å². The van der Waals surface area contributed by atoms with E-state index in [0.717, 1.165) is 12.1 Å². The third-order valence-corrected chi connectivity index (χ3v) is 5.98. The van der Waals surface area contributed by atoms with Gasteiger partial charge in [-0.3, -0.25) is 4.79 Å². The Morgan fingerprint density at radius 1 is 1.03 bits per heavy atom. The SMILES string of the molecule is CC(=Cc1cc(F)c(Oc2ccc(S(=O)(=O)NCCOCCOCCN)cc2)c(F)c1)C(=O)N=C(N)N. The van der Waals surface area contributed by atoms with Crippen LogP contribution in [0.2, 0.25) is 0 Å². The molecule has 0 aliphatic heterocycles. The number of carbonyl (C=O) groups excluding carboxylic acids is 1. The Bertz CT molecular complexity index is 1210. The first kappa shape index (κ1) is 29.8. The van der Waals surface area contributed by atoms with E-state index in [0.29, 0.717) is 26.4 Å². The van der Waals surface area contributed by atoms with Gasteiger partial charge in [-0.2, -0.15) is 4.99 Å². The standard InChI is InChI=1S/C23H29F2N5O6S/c1-15(22(31)30-23(27)28)12-16-13-19(24)21(20(25)14-16)36-17-2-4-18(5-3-17)37(32,33)29-7-9-35-11-10-34-8-6-26/h2-5,12-14,29H,6-11,26H2,1H3,(H4,27,28,30,31). The van der Waals surface area contributed by atoms with Gasteiger partial charge in [-0.1, -0.05) is 0 Å². The maximum Gasteiger partial charge on any atom is 0.275 e. The predicted molar refractivity (Wildman–Crippen MR) is 133 cm³/mol. The Hall–Kier alpha value is -3.43. The van der Waals surface area contributed by atoms with Crippen molar-refractivity contribution in [1.82, 2.24) is 4.72 Å². The number of amides is 1. The number of halogens is 2. The van der Waals surface area contributed by atoms with Gasteiger partial charge in [0.15, 0.2) is 23.3 Å². The molecule has 37 heavy (non-hydrogen) atoms. The summed E-state index contributed by atoms with van der Waals surface area (Å²) in [5.41, 5.74) is 15.7. The van der Waals surface area contributed by atoms with Crippen molar-refractivity contribution in [3.05, 3.63) is 59.2 Å². The highest BCUT2D eigenvalue weighted by molar-refractivity contribution is 7.89. The quantitative estimate of drug-likeness (QED) is 0.118. The van der Waals surface area contributed by atoms with Crippen LogP contribution in [0.25, 0.3) is 6.08 Å². The molecule has 0 aliphatic rings. The largest absolute Gasteiger partial charge is 0.451 e. The molecule has 0 bridgehead atoms. The lowest BCUT2D eigenvalue weighted by atomic mass is 10.1. The Morgan fingerprint density at radius 2 is 1.62 bits per heavy atom. The highest BCUT2D eigenvalue weighted by Gasteiger charge is 2.16. The third-order valence-electron chi connectivity index (χ3n) is 4.50. The summed E-state index contributed by atoms with van der Waals surface area (Å²) in [4.78, 5) is 15.0. The maximum atomic E-state index is 14.5. The van der Waals surface area contributed by atoms with Crippen LogP contribution in [0.1, 0.15) is 12.5 Å². The second-order valence-corrected chi connectivity index (χ2v) is 9.23. The van der Waals surface area contributed by atoms with Crippen molar-refractivity contribution < 1.29 is 36.2 Å². The monoisotopic (exact) mass is 541 g/mol. The average molecular weight is 542 g/mol. The molecule has 7 N–H and O–H groups in total. The van der Waals surface area contributed by atoms with Crippen molar-refractivity contribution in [3.63, 3.8) is 0 Å². The van der Waals surface area contributed by atoms with E-state index in [1.54, 1.807) is 0 Å². The van der Waals surface area contributed by atoms with E-state index < -0.39 is 39.3 Å². The summed E-state index contributed by atoms with van der Waals surface area (Å²) in [6.07, 6.45) is 1.21. The van der Waals surface area contributed by atoms with Gasteiger partial charge >= 0.3 is 0 Å². The first-order valence-corrected chi connectivity index (χ1v) is 12.5. The van der Waals surface area contributed by atoms with E-state index in [2.05, 4.69) is 9.71 Å². The van der Waals surface area contributed by atoms with Crippen LogP contribution in [-0.2, 0) is 24.3 Å². The van der Waals surface area contributed by atoms with E-state index in [9.17, 15) is 22.0 Å². The fourth-order valence-corrected chi connectivity index (χ4v) is 3.83. The molecule has 0 aromatic heterocycles. The molecular weight excluding hydrogens is 512 g/mol. The second-order valence-electron chi connectivity index (χ2n) is 7.47. The van der Waals surface area contributed by atoms with Crippen molar-refractivity contribution >= 4 is 28.0 Å². The Labute approximate surface area is 213 Å². The number of hydrogen-bond donors (Lipinski definition) is 4. The van der Waals surface area contributed by atoms with Gasteiger partial charge in [0.1, 0.15) is 5.75 Å².